The van der Waals surface area contributed by atoms with Gasteiger partial charge in [-0.2, -0.15) is 0 Å². The second-order valence-corrected chi connectivity index (χ2v) is 5.29. The van der Waals surface area contributed by atoms with Gasteiger partial charge in [-0.15, -0.1) is 0 Å². The number of carbonyl (C=O) groups excluding carboxylic acids is 2. The van der Waals surface area contributed by atoms with Gasteiger partial charge in [0, 0.05) is 6.07 Å². The van der Waals surface area contributed by atoms with Gasteiger partial charge in [0.25, 0.3) is 0 Å². The SMILES string of the molecule is COC(=O)[C@@H](C)Oc1ccc2c(c1)O/C(=C\c1ccccc1)C2=O. The van der Waals surface area contributed by atoms with Crippen LogP contribution in [0.25, 0.3) is 6.08 Å². The first-order valence-electron chi connectivity index (χ1n) is 7.46. The van der Waals surface area contributed by atoms with Crippen LogP contribution < -0.4 is 9.47 Å². The average Bonchev–Trinajstić information content (AvgIpc) is 2.90. The van der Waals surface area contributed by atoms with E-state index in [4.69, 9.17) is 9.47 Å². The van der Waals surface area contributed by atoms with Crippen molar-refractivity contribution < 1.29 is 23.8 Å². The Morgan fingerprint density at radius 2 is 1.92 bits per heavy atom. The van der Waals surface area contributed by atoms with E-state index in [1.54, 1.807) is 31.2 Å². The molecule has 1 aliphatic heterocycles. The minimum atomic E-state index is -0.746. The summed E-state index contributed by atoms with van der Waals surface area (Å²) in [4.78, 5) is 23.8. The summed E-state index contributed by atoms with van der Waals surface area (Å²) in [6.07, 6.45) is 0.949. The molecule has 24 heavy (non-hydrogen) atoms. The number of ketones is 1. The highest BCUT2D eigenvalue weighted by atomic mass is 16.6. The quantitative estimate of drug-likeness (QED) is 0.638. The normalized spacial score (nSPS) is 15.6. The van der Waals surface area contributed by atoms with Gasteiger partial charge >= 0.3 is 5.97 Å². The number of hydrogen-bond donors (Lipinski definition) is 0. The number of benzene rings is 2. The molecule has 1 heterocycles. The van der Waals surface area contributed by atoms with Crippen LogP contribution in [-0.4, -0.2) is 25.0 Å². The summed E-state index contributed by atoms with van der Waals surface area (Å²) in [6.45, 7) is 1.59. The largest absolute Gasteiger partial charge is 0.479 e. The molecular weight excluding hydrogens is 308 g/mol. The molecule has 1 atom stereocenters. The molecule has 0 fully saturated rings. The van der Waals surface area contributed by atoms with Gasteiger partial charge in [0.15, 0.2) is 11.9 Å². The van der Waals surface area contributed by atoms with Crippen molar-refractivity contribution in [2.24, 2.45) is 0 Å². The van der Waals surface area contributed by atoms with Crippen LogP contribution in [0.3, 0.4) is 0 Å². The number of Topliss-reactive ketones (excluding diaryl/α,β-unsaturated/α-hetero) is 1. The van der Waals surface area contributed by atoms with Crippen molar-refractivity contribution in [3.05, 3.63) is 65.4 Å². The van der Waals surface area contributed by atoms with E-state index in [2.05, 4.69) is 4.74 Å². The van der Waals surface area contributed by atoms with E-state index < -0.39 is 12.1 Å². The van der Waals surface area contributed by atoms with E-state index in [0.717, 1.165) is 5.56 Å². The van der Waals surface area contributed by atoms with Crippen LogP contribution in [0.15, 0.2) is 54.3 Å². The van der Waals surface area contributed by atoms with E-state index in [1.807, 2.05) is 30.3 Å². The summed E-state index contributed by atoms with van der Waals surface area (Å²) in [5.41, 5.74) is 1.35. The number of methoxy groups -OCH3 is 1. The maximum absolute atomic E-state index is 12.4. The van der Waals surface area contributed by atoms with Crippen molar-refractivity contribution in [3.8, 4) is 11.5 Å². The topological polar surface area (TPSA) is 61.8 Å². The monoisotopic (exact) mass is 324 g/mol. The molecule has 0 spiro atoms. The lowest BCUT2D eigenvalue weighted by Gasteiger charge is -2.12. The lowest BCUT2D eigenvalue weighted by Crippen LogP contribution is -2.24. The molecule has 5 nitrogen and oxygen atoms in total. The molecule has 0 saturated heterocycles. The van der Waals surface area contributed by atoms with E-state index >= 15 is 0 Å². The van der Waals surface area contributed by atoms with E-state index in [0.29, 0.717) is 17.1 Å². The first kappa shape index (κ1) is 15.8. The predicted molar refractivity (Wildman–Crippen MR) is 87.9 cm³/mol. The summed E-state index contributed by atoms with van der Waals surface area (Å²) in [6, 6.07) is 14.3. The summed E-state index contributed by atoms with van der Waals surface area (Å²) in [7, 11) is 1.30. The lowest BCUT2D eigenvalue weighted by molar-refractivity contribution is -0.147. The van der Waals surface area contributed by atoms with Gasteiger partial charge < -0.3 is 14.2 Å². The van der Waals surface area contributed by atoms with Gasteiger partial charge in [-0.25, -0.2) is 4.79 Å². The smallest absolute Gasteiger partial charge is 0.346 e. The minimum Gasteiger partial charge on any atom is -0.479 e. The Kier molecular flexibility index (Phi) is 4.33. The summed E-state index contributed by atoms with van der Waals surface area (Å²) >= 11 is 0. The maximum Gasteiger partial charge on any atom is 0.346 e. The zero-order chi connectivity index (χ0) is 17.1. The second-order valence-electron chi connectivity index (χ2n) is 5.29. The third-order valence-electron chi connectivity index (χ3n) is 3.58. The highest BCUT2D eigenvalue weighted by molar-refractivity contribution is 6.14. The molecule has 0 aromatic heterocycles. The number of rotatable bonds is 4. The third-order valence-corrected chi connectivity index (χ3v) is 3.58. The fourth-order valence-electron chi connectivity index (χ4n) is 2.36. The molecule has 122 valence electrons. The van der Waals surface area contributed by atoms with Crippen molar-refractivity contribution in [3.63, 3.8) is 0 Å². The van der Waals surface area contributed by atoms with E-state index in [-0.39, 0.29) is 11.5 Å². The summed E-state index contributed by atoms with van der Waals surface area (Å²) < 4.78 is 15.8. The fraction of sp³-hybridized carbons (Fsp3) is 0.158. The van der Waals surface area contributed by atoms with Gasteiger partial charge in [-0.1, -0.05) is 30.3 Å². The zero-order valence-corrected chi connectivity index (χ0v) is 13.3. The van der Waals surface area contributed by atoms with Gasteiger partial charge in [0.2, 0.25) is 5.78 Å². The van der Waals surface area contributed by atoms with Gasteiger partial charge in [0.05, 0.1) is 12.7 Å². The highest BCUT2D eigenvalue weighted by Crippen LogP contribution is 2.35. The number of allylic oxidation sites excluding steroid dienone is 1. The van der Waals surface area contributed by atoms with Crippen molar-refractivity contribution in [1.29, 1.82) is 0 Å². The Bertz CT molecular complexity index is 808. The third kappa shape index (κ3) is 3.15. The average molecular weight is 324 g/mol. The molecule has 0 bridgehead atoms. The Labute approximate surface area is 139 Å². The first-order chi connectivity index (χ1) is 11.6. The molecular formula is C19H16O5. The number of carbonyl (C=O) groups is 2. The summed E-state index contributed by atoms with van der Waals surface area (Å²) in [5, 5.41) is 0. The highest BCUT2D eigenvalue weighted by Gasteiger charge is 2.28. The Balaban J connectivity index is 1.82. The minimum absolute atomic E-state index is 0.179. The lowest BCUT2D eigenvalue weighted by atomic mass is 10.1. The van der Waals surface area contributed by atoms with Gasteiger partial charge in [-0.05, 0) is 30.7 Å². The van der Waals surface area contributed by atoms with E-state index in [1.165, 1.54) is 7.11 Å². The molecule has 1 aliphatic rings. The predicted octanol–water partition coefficient (Wildman–Crippen LogP) is 3.24. The van der Waals surface area contributed by atoms with Crippen molar-refractivity contribution in [2.75, 3.05) is 7.11 Å². The Morgan fingerprint density at radius 3 is 2.62 bits per heavy atom. The first-order valence-corrected chi connectivity index (χ1v) is 7.46. The van der Waals surface area contributed by atoms with Crippen molar-refractivity contribution >= 4 is 17.8 Å². The zero-order valence-electron chi connectivity index (χ0n) is 13.3. The maximum atomic E-state index is 12.4. The number of fused-ring (bicyclic) bond motifs is 1. The van der Waals surface area contributed by atoms with Crippen LogP contribution in [0.5, 0.6) is 11.5 Å². The second kappa shape index (κ2) is 6.58. The van der Waals surface area contributed by atoms with Crippen LogP contribution in [0.4, 0.5) is 0 Å². The molecule has 2 aromatic carbocycles. The fourth-order valence-corrected chi connectivity index (χ4v) is 2.36. The van der Waals surface area contributed by atoms with E-state index in [9.17, 15) is 9.59 Å². The molecule has 0 aliphatic carbocycles. The molecule has 3 rings (SSSR count). The number of esters is 1. The van der Waals surface area contributed by atoms with Crippen LogP contribution in [0.2, 0.25) is 0 Å². The van der Waals surface area contributed by atoms with Crippen LogP contribution in [0, 0.1) is 0 Å². The molecule has 0 N–H and O–H groups in total. The molecule has 0 saturated carbocycles. The van der Waals surface area contributed by atoms with Gasteiger partial charge in [-0.3, -0.25) is 4.79 Å². The Morgan fingerprint density at radius 1 is 1.17 bits per heavy atom. The molecule has 0 unspecified atom stereocenters. The standard InChI is InChI=1S/C19H16O5/c1-12(19(21)22-2)23-14-8-9-15-16(11-14)24-17(18(15)20)10-13-6-4-3-5-7-13/h3-12H,1-2H3/b17-10-/t12-/m1/s1. The number of ether oxygens (including phenoxy) is 3. The van der Waals surface area contributed by atoms with Crippen LogP contribution in [0.1, 0.15) is 22.8 Å². The summed E-state index contributed by atoms with van der Waals surface area (Å²) in [5.74, 6) is 0.449. The van der Waals surface area contributed by atoms with Crippen molar-refractivity contribution in [2.45, 2.75) is 13.0 Å². The van der Waals surface area contributed by atoms with Crippen LogP contribution in [-0.2, 0) is 9.53 Å². The number of hydrogen-bond acceptors (Lipinski definition) is 5. The molecule has 2 aromatic rings. The molecule has 5 heteroatoms. The van der Waals surface area contributed by atoms with Gasteiger partial charge in [0.1, 0.15) is 11.5 Å². The molecule has 0 radical (unpaired) electrons. The molecule has 0 amide bonds. The van der Waals surface area contributed by atoms with Crippen LogP contribution >= 0.6 is 0 Å². The van der Waals surface area contributed by atoms with Crippen molar-refractivity contribution in [1.82, 2.24) is 0 Å². The Hall–Kier alpha value is -3.08.